The van der Waals surface area contributed by atoms with E-state index >= 15 is 0 Å². The molecule has 2 fully saturated rings. The first-order valence-corrected chi connectivity index (χ1v) is 12.1. The fourth-order valence-electron chi connectivity index (χ4n) is 4.90. The van der Waals surface area contributed by atoms with Crippen LogP contribution in [0.2, 0.25) is 0 Å². The van der Waals surface area contributed by atoms with Crippen molar-refractivity contribution < 1.29 is 14.3 Å². The van der Waals surface area contributed by atoms with Crippen molar-refractivity contribution in [3.05, 3.63) is 65.2 Å². The molecule has 2 N–H and O–H groups in total. The molecule has 6 nitrogen and oxygen atoms in total. The number of hydrogen-bond donors (Lipinski definition) is 2. The van der Waals surface area contributed by atoms with Crippen LogP contribution in [0.1, 0.15) is 35.4 Å². The second-order valence-corrected chi connectivity index (χ2v) is 9.33. The summed E-state index contributed by atoms with van der Waals surface area (Å²) in [7, 11) is 3.77. The monoisotopic (exact) mass is 451 g/mol. The van der Waals surface area contributed by atoms with Crippen LogP contribution >= 0.6 is 0 Å². The van der Waals surface area contributed by atoms with E-state index in [9.17, 15) is 4.79 Å². The minimum atomic E-state index is -0.0166. The largest absolute Gasteiger partial charge is 0.497 e. The SMILES string of the molecule is COc1ccc(CCNC(=O)C2CN(C)CC2c2ccc(CNC3CCOCC3)cc2)cc1. The van der Waals surface area contributed by atoms with Crippen LogP contribution in [0.15, 0.2) is 48.5 Å². The second kappa shape index (κ2) is 11.6. The van der Waals surface area contributed by atoms with Gasteiger partial charge in [-0.3, -0.25) is 4.79 Å². The van der Waals surface area contributed by atoms with Gasteiger partial charge in [0.1, 0.15) is 5.75 Å². The highest BCUT2D eigenvalue weighted by Crippen LogP contribution is 2.32. The molecule has 4 rings (SSSR count). The highest BCUT2D eigenvalue weighted by Gasteiger charge is 2.36. The molecule has 2 aliphatic heterocycles. The van der Waals surface area contributed by atoms with Gasteiger partial charge in [0, 0.05) is 51.4 Å². The van der Waals surface area contributed by atoms with Crippen LogP contribution < -0.4 is 15.4 Å². The molecule has 2 unspecified atom stereocenters. The predicted octanol–water partition coefficient (Wildman–Crippen LogP) is 2.97. The zero-order chi connectivity index (χ0) is 23.0. The number of benzene rings is 2. The third-order valence-corrected chi connectivity index (χ3v) is 6.94. The Morgan fingerprint density at radius 3 is 2.42 bits per heavy atom. The molecule has 33 heavy (non-hydrogen) atoms. The molecule has 0 radical (unpaired) electrons. The van der Waals surface area contributed by atoms with Crippen LogP contribution in [0, 0.1) is 5.92 Å². The van der Waals surface area contributed by atoms with E-state index in [0.29, 0.717) is 12.6 Å². The van der Waals surface area contributed by atoms with Gasteiger partial charge in [0.15, 0.2) is 0 Å². The molecule has 2 atom stereocenters. The molecular formula is C27H37N3O3. The van der Waals surface area contributed by atoms with Crippen LogP contribution in [-0.2, 0) is 22.5 Å². The molecular weight excluding hydrogens is 414 g/mol. The molecule has 0 spiro atoms. The Morgan fingerprint density at radius 2 is 1.73 bits per heavy atom. The fraction of sp³-hybridized carbons (Fsp3) is 0.519. The Hall–Kier alpha value is -2.41. The van der Waals surface area contributed by atoms with Crippen LogP contribution in [0.4, 0.5) is 0 Å². The third-order valence-electron chi connectivity index (χ3n) is 6.94. The van der Waals surface area contributed by atoms with Crippen molar-refractivity contribution >= 4 is 5.91 Å². The van der Waals surface area contributed by atoms with Crippen LogP contribution in [-0.4, -0.2) is 63.9 Å². The van der Waals surface area contributed by atoms with Crippen LogP contribution in [0.25, 0.3) is 0 Å². The van der Waals surface area contributed by atoms with E-state index in [1.54, 1.807) is 7.11 Å². The van der Waals surface area contributed by atoms with Crippen molar-refractivity contribution in [2.75, 3.05) is 47.0 Å². The molecule has 0 saturated carbocycles. The van der Waals surface area contributed by atoms with Gasteiger partial charge in [-0.25, -0.2) is 0 Å². The Labute approximate surface area is 197 Å². The van der Waals surface area contributed by atoms with Crippen molar-refractivity contribution in [3.8, 4) is 5.75 Å². The zero-order valence-corrected chi connectivity index (χ0v) is 19.9. The smallest absolute Gasteiger partial charge is 0.225 e. The Balaban J connectivity index is 1.29. The number of rotatable bonds is 9. The number of nitrogens with one attached hydrogen (secondary N) is 2. The van der Waals surface area contributed by atoms with Gasteiger partial charge < -0.3 is 25.0 Å². The maximum atomic E-state index is 13.0. The summed E-state index contributed by atoms with van der Waals surface area (Å²) in [4.78, 5) is 15.3. The molecule has 1 amide bonds. The summed E-state index contributed by atoms with van der Waals surface area (Å²) in [5, 5.41) is 6.82. The molecule has 178 valence electrons. The quantitative estimate of drug-likeness (QED) is 0.614. The van der Waals surface area contributed by atoms with Crippen LogP contribution in [0.5, 0.6) is 5.75 Å². The van der Waals surface area contributed by atoms with Crippen LogP contribution in [0.3, 0.4) is 0 Å². The number of carbonyl (C=O) groups is 1. The fourth-order valence-corrected chi connectivity index (χ4v) is 4.90. The Kier molecular flexibility index (Phi) is 8.37. The molecule has 2 saturated heterocycles. The van der Waals surface area contributed by atoms with E-state index in [1.807, 2.05) is 12.1 Å². The van der Waals surface area contributed by atoms with E-state index < -0.39 is 0 Å². The van der Waals surface area contributed by atoms with Crippen molar-refractivity contribution in [2.24, 2.45) is 5.92 Å². The third kappa shape index (κ3) is 6.56. The normalized spacial score (nSPS) is 21.8. The summed E-state index contributed by atoms with van der Waals surface area (Å²) in [5.41, 5.74) is 3.74. The minimum Gasteiger partial charge on any atom is -0.497 e. The maximum Gasteiger partial charge on any atom is 0.225 e. The first kappa shape index (κ1) is 23.7. The van der Waals surface area contributed by atoms with Gasteiger partial charge in [0.2, 0.25) is 5.91 Å². The summed E-state index contributed by atoms with van der Waals surface area (Å²) in [6.45, 7) is 4.95. The van der Waals surface area contributed by atoms with Crippen molar-refractivity contribution in [1.82, 2.24) is 15.5 Å². The van der Waals surface area contributed by atoms with E-state index in [2.05, 4.69) is 59.0 Å². The number of methoxy groups -OCH3 is 1. The van der Waals surface area contributed by atoms with Crippen molar-refractivity contribution in [2.45, 2.75) is 37.8 Å². The lowest BCUT2D eigenvalue weighted by Crippen LogP contribution is -2.35. The minimum absolute atomic E-state index is 0.0166. The van der Waals surface area contributed by atoms with Gasteiger partial charge >= 0.3 is 0 Å². The average Bonchev–Trinajstić information content (AvgIpc) is 3.26. The summed E-state index contributed by atoms with van der Waals surface area (Å²) in [6, 6.07) is 17.4. The van der Waals surface area contributed by atoms with Crippen molar-refractivity contribution in [1.29, 1.82) is 0 Å². The number of amides is 1. The highest BCUT2D eigenvalue weighted by atomic mass is 16.5. The summed E-state index contributed by atoms with van der Waals surface area (Å²) in [5.74, 6) is 1.22. The number of carbonyl (C=O) groups excluding carboxylic acids is 1. The Bertz CT molecular complexity index is 878. The zero-order valence-electron chi connectivity index (χ0n) is 19.9. The number of nitrogens with zero attached hydrogens (tertiary/aromatic N) is 1. The van der Waals surface area contributed by atoms with Gasteiger partial charge in [0.25, 0.3) is 0 Å². The first-order valence-electron chi connectivity index (χ1n) is 12.1. The second-order valence-electron chi connectivity index (χ2n) is 9.33. The van der Waals surface area contributed by atoms with Gasteiger partial charge in [-0.2, -0.15) is 0 Å². The number of likely N-dealkylation sites (tertiary alicyclic amines) is 1. The summed E-state index contributed by atoms with van der Waals surface area (Å²) < 4.78 is 10.6. The molecule has 2 aromatic rings. The van der Waals surface area contributed by atoms with E-state index in [0.717, 1.165) is 57.9 Å². The first-order chi connectivity index (χ1) is 16.1. The van der Waals surface area contributed by atoms with E-state index in [4.69, 9.17) is 9.47 Å². The summed E-state index contributed by atoms with van der Waals surface area (Å²) in [6.07, 6.45) is 2.99. The molecule has 2 heterocycles. The van der Waals surface area contributed by atoms with Gasteiger partial charge in [-0.1, -0.05) is 36.4 Å². The highest BCUT2D eigenvalue weighted by molar-refractivity contribution is 5.80. The molecule has 0 aromatic heterocycles. The standard InChI is InChI=1S/C27H37N3O3/c1-30-18-25(22-7-3-21(4-8-22)17-29-23-12-15-33-16-13-23)26(19-30)27(31)28-14-11-20-5-9-24(32-2)10-6-20/h3-10,23,25-26,29H,11-19H2,1-2H3,(H,28,31). The lowest BCUT2D eigenvalue weighted by atomic mass is 9.88. The van der Waals surface area contributed by atoms with Gasteiger partial charge in [-0.15, -0.1) is 0 Å². The molecule has 0 aliphatic carbocycles. The molecule has 2 aromatic carbocycles. The van der Waals surface area contributed by atoms with Gasteiger partial charge in [0.05, 0.1) is 13.0 Å². The average molecular weight is 452 g/mol. The van der Waals surface area contributed by atoms with Gasteiger partial charge in [-0.05, 0) is 55.1 Å². The molecule has 6 heteroatoms. The number of likely N-dealkylation sites (N-methyl/N-ethyl adjacent to an activating group) is 1. The van der Waals surface area contributed by atoms with E-state index in [-0.39, 0.29) is 17.7 Å². The van der Waals surface area contributed by atoms with E-state index in [1.165, 1.54) is 16.7 Å². The Morgan fingerprint density at radius 1 is 1.03 bits per heavy atom. The predicted molar refractivity (Wildman–Crippen MR) is 131 cm³/mol. The topological polar surface area (TPSA) is 62.8 Å². The number of ether oxygens (including phenoxy) is 2. The molecule has 2 aliphatic rings. The number of hydrogen-bond acceptors (Lipinski definition) is 5. The van der Waals surface area contributed by atoms with Crippen molar-refractivity contribution in [3.63, 3.8) is 0 Å². The molecule has 0 bridgehead atoms. The lowest BCUT2D eigenvalue weighted by Gasteiger charge is -2.23. The maximum absolute atomic E-state index is 13.0. The summed E-state index contributed by atoms with van der Waals surface area (Å²) >= 11 is 0. The lowest BCUT2D eigenvalue weighted by molar-refractivity contribution is -0.124.